The highest BCUT2D eigenvalue weighted by atomic mass is 32.2. The largest absolute Gasteiger partial charge is 0.496 e. The van der Waals surface area contributed by atoms with E-state index in [4.69, 9.17) is 14.2 Å². The van der Waals surface area contributed by atoms with Crippen molar-refractivity contribution in [1.29, 1.82) is 0 Å². The van der Waals surface area contributed by atoms with Gasteiger partial charge in [-0.15, -0.1) is 0 Å². The Bertz CT molecular complexity index is 1790. The maximum atomic E-state index is 14.3. The number of halogens is 2. The number of alkyl halides is 2. The molecule has 1 saturated heterocycles. The zero-order chi connectivity index (χ0) is 33.8. The number of aryl methyl sites for hydroxylation is 1. The van der Waals surface area contributed by atoms with E-state index in [1.165, 1.54) is 17.7 Å². The van der Waals surface area contributed by atoms with Crippen molar-refractivity contribution in [3.63, 3.8) is 0 Å². The number of likely N-dealkylation sites (tertiary alicyclic amines) is 1. The van der Waals surface area contributed by atoms with Gasteiger partial charge in [0.15, 0.2) is 0 Å². The van der Waals surface area contributed by atoms with Crippen LogP contribution in [0.25, 0.3) is 10.9 Å². The molecule has 10 nitrogen and oxygen atoms in total. The minimum absolute atomic E-state index is 0.148. The fourth-order valence-electron chi connectivity index (χ4n) is 6.99. The van der Waals surface area contributed by atoms with Gasteiger partial charge < -0.3 is 14.2 Å². The molecule has 1 aromatic heterocycles. The molecule has 1 saturated carbocycles. The summed E-state index contributed by atoms with van der Waals surface area (Å²) in [5.41, 5.74) is 1.82. The second-order valence-electron chi connectivity index (χ2n) is 13.6. The molecule has 0 bridgehead atoms. The Morgan fingerprint density at radius 2 is 1.80 bits per heavy atom. The van der Waals surface area contributed by atoms with E-state index in [9.17, 15) is 26.8 Å². The number of ether oxygens (including phenoxy) is 3. The van der Waals surface area contributed by atoms with Crippen LogP contribution >= 0.6 is 0 Å². The third-order valence-electron chi connectivity index (χ3n) is 8.79. The molecule has 0 amide bonds. The SMILES string of the molecule is COC(=O)c1ccc([C@H]2CC3(CCN2Cc2c(OC)cc(C)c4c2ccn4C(=O)OC(C)(C)C)CC(F)(F)C3)c(NS(C)(=O)=O)c1. The van der Waals surface area contributed by atoms with Gasteiger partial charge in [0, 0.05) is 42.6 Å². The van der Waals surface area contributed by atoms with Gasteiger partial charge in [-0.3, -0.25) is 14.2 Å². The first-order valence-electron chi connectivity index (χ1n) is 15.1. The second kappa shape index (κ2) is 11.8. The van der Waals surface area contributed by atoms with E-state index in [0.29, 0.717) is 42.8 Å². The number of nitrogens with one attached hydrogen (secondary N) is 1. The number of rotatable bonds is 7. The fourth-order valence-corrected chi connectivity index (χ4v) is 7.57. The predicted molar refractivity (Wildman–Crippen MR) is 170 cm³/mol. The summed E-state index contributed by atoms with van der Waals surface area (Å²) in [5.74, 6) is -2.79. The smallest absolute Gasteiger partial charge is 0.419 e. The normalized spacial score (nSPS) is 19.5. The Kier molecular flexibility index (Phi) is 8.65. The third-order valence-corrected chi connectivity index (χ3v) is 9.38. The topological polar surface area (TPSA) is 116 Å². The van der Waals surface area contributed by atoms with Crippen molar-refractivity contribution in [2.75, 3.05) is 31.7 Å². The number of anilines is 1. The lowest BCUT2D eigenvalue weighted by atomic mass is 9.59. The number of benzene rings is 2. The van der Waals surface area contributed by atoms with E-state index < -0.39 is 45.1 Å². The number of aromatic nitrogens is 1. The van der Waals surface area contributed by atoms with E-state index in [-0.39, 0.29) is 24.1 Å². The fraction of sp³-hybridized carbons (Fsp3) is 0.515. The molecule has 1 N–H and O–H groups in total. The molecule has 2 heterocycles. The van der Waals surface area contributed by atoms with Gasteiger partial charge in [-0.2, -0.15) is 0 Å². The molecule has 13 heteroatoms. The molecule has 1 aliphatic heterocycles. The van der Waals surface area contributed by atoms with Crippen LogP contribution in [0.15, 0.2) is 36.5 Å². The van der Waals surface area contributed by atoms with Crippen molar-refractivity contribution >= 4 is 38.7 Å². The Hall–Kier alpha value is -3.71. The van der Waals surface area contributed by atoms with Crippen molar-refractivity contribution in [3.8, 4) is 5.75 Å². The van der Waals surface area contributed by atoms with Gasteiger partial charge in [0.2, 0.25) is 15.9 Å². The summed E-state index contributed by atoms with van der Waals surface area (Å²) in [6.07, 6.45) is 2.56. The summed E-state index contributed by atoms with van der Waals surface area (Å²) in [7, 11) is -0.978. The number of sulfonamides is 1. The van der Waals surface area contributed by atoms with Crippen molar-refractivity contribution in [3.05, 3.63) is 58.8 Å². The van der Waals surface area contributed by atoms with Crippen LogP contribution in [0.2, 0.25) is 0 Å². The average Bonchev–Trinajstić information content (AvgIpc) is 3.38. The number of hydrogen-bond acceptors (Lipinski definition) is 8. The van der Waals surface area contributed by atoms with Gasteiger partial charge >= 0.3 is 12.1 Å². The van der Waals surface area contributed by atoms with Crippen LogP contribution in [-0.4, -0.2) is 68.5 Å². The Morgan fingerprint density at radius 3 is 2.39 bits per heavy atom. The predicted octanol–water partition coefficient (Wildman–Crippen LogP) is 6.65. The van der Waals surface area contributed by atoms with E-state index in [1.807, 2.05) is 19.1 Å². The Morgan fingerprint density at radius 1 is 1.11 bits per heavy atom. The van der Waals surface area contributed by atoms with Crippen molar-refractivity contribution in [2.24, 2.45) is 5.41 Å². The van der Waals surface area contributed by atoms with Crippen LogP contribution in [0.5, 0.6) is 5.75 Å². The summed E-state index contributed by atoms with van der Waals surface area (Å²) in [5, 5.41) is 0.771. The monoisotopic (exact) mass is 661 g/mol. The molecule has 0 radical (unpaired) electrons. The van der Waals surface area contributed by atoms with E-state index in [0.717, 1.165) is 22.8 Å². The first-order valence-corrected chi connectivity index (χ1v) is 17.0. The standard InChI is InChI=1S/C33H41F2N3O7S/c1-20-14-27(43-5)24(22-10-12-38(28(20)22)30(40)45-31(2,3)4)17-37-13-11-32(18-33(34,35)19-32)16-26(37)23-9-8-21(29(39)44-6)15-25(23)36-46(7,41)42/h8-10,12,14-15,26,36H,11,13,16-19H2,1-7H3/t26-/m1/s1. The molecule has 46 heavy (non-hydrogen) atoms. The first kappa shape index (κ1) is 33.6. The summed E-state index contributed by atoms with van der Waals surface area (Å²) in [4.78, 5) is 27.6. The van der Waals surface area contributed by atoms with E-state index in [1.54, 1.807) is 46.2 Å². The number of nitrogens with zero attached hydrogens (tertiary/aromatic N) is 2. The molecule has 0 unspecified atom stereocenters. The quantitative estimate of drug-likeness (QED) is 0.280. The highest BCUT2D eigenvalue weighted by molar-refractivity contribution is 7.92. The molecule has 1 aliphatic carbocycles. The molecular formula is C33H41F2N3O7S. The molecule has 1 atom stereocenters. The van der Waals surface area contributed by atoms with Gasteiger partial charge in [0.05, 0.1) is 37.2 Å². The molecule has 250 valence electrons. The minimum Gasteiger partial charge on any atom is -0.496 e. The highest BCUT2D eigenvalue weighted by Crippen LogP contribution is 2.61. The summed E-state index contributed by atoms with van der Waals surface area (Å²) >= 11 is 0. The van der Waals surface area contributed by atoms with Crippen LogP contribution in [-0.2, 0) is 26.0 Å². The van der Waals surface area contributed by atoms with Crippen LogP contribution in [0.1, 0.15) is 79.5 Å². The third kappa shape index (κ3) is 6.85. The van der Waals surface area contributed by atoms with Crippen molar-refractivity contribution in [1.82, 2.24) is 9.47 Å². The average molecular weight is 662 g/mol. The van der Waals surface area contributed by atoms with Crippen LogP contribution in [0.3, 0.4) is 0 Å². The summed E-state index contributed by atoms with van der Waals surface area (Å²) in [6.45, 7) is 8.03. The second-order valence-corrected chi connectivity index (χ2v) is 15.4. The van der Waals surface area contributed by atoms with Gasteiger partial charge in [-0.25, -0.2) is 26.8 Å². The van der Waals surface area contributed by atoms with Gasteiger partial charge in [-0.05, 0) is 87.9 Å². The zero-order valence-electron chi connectivity index (χ0n) is 27.2. The number of esters is 1. The number of piperidine rings is 1. The van der Waals surface area contributed by atoms with Crippen LogP contribution in [0, 0.1) is 12.3 Å². The minimum atomic E-state index is -3.77. The van der Waals surface area contributed by atoms with E-state index in [2.05, 4.69) is 9.62 Å². The van der Waals surface area contributed by atoms with Crippen molar-refractivity contribution in [2.45, 2.75) is 77.5 Å². The lowest BCUT2D eigenvalue weighted by molar-refractivity contribution is -0.186. The van der Waals surface area contributed by atoms with Gasteiger partial charge in [0.1, 0.15) is 11.4 Å². The molecule has 1 spiro atoms. The number of carbonyl (C=O) groups is 2. The Labute approximate surface area is 268 Å². The number of methoxy groups -OCH3 is 2. The molecule has 3 aromatic rings. The maximum absolute atomic E-state index is 14.3. The Balaban J connectivity index is 1.61. The lowest BCUT2D eigenvalue weighted by Gasteiger charge is -2.55. The molecule has 5 rings (SSSR count). The zero-order valence-corrected chi connectivity index (χ0v) is 28.0. The molecular weight excluding hydrogens is 620 g/mol. The van der Waals surface area contributed by atoms with Crippen LogP contribution in [0.4, 0.5) is 19.3 Å². The molecule has 2 fully saturated rings. The summed E-state index contributed by atoms with van der Waals surface area (Å²) < 4.78 is 73.8. The molecule has 2 aromatic carbocycles. The van der Waals surface area contributed by atoms with Gasteiger partial charge in [-0.1, -0.05) is 6.07 Å². The highest BCUT2D eigenvalue weighted by Gasteiger charge is 2.58. The lowest BCUT2D eigenvalue weighted by Crippen LogP contribution is -2.53. The first-order chi connectivity index (χ1) is 21.3. The van der Waals surface area contributed by atoms with Gasteiger partial charge in [0.25, 0.3) is 0 Å². The summed E-state index contributed by atoms with van der Waals surface area (Å²) in [6, 6.07) is 7.83. The van der Waals surface area contributed by atoms with Crippen molar-refractivity contribution < 1.29 is 41.0 Å². The number of carbonyl (C=O) groups excluding carboxylic acids is 2. The number of hydrogen-bond donors (Lipinski definition) is 1. The molecule has 2 aliphatic rings. The van der Waals surface area contributed by atoms with Crippen LogP contribution < -0.4 is 9.46 Å². The maximum Gasteiger partial charge on any atom is 0.419 e. The van der Waals surface area contributed by atoms with E-state index >= 15 is 0 Å². The number of fused-ring (bicyclic) bond motifs is 1.